The molecule has 0 saturated carbocycles. The van der Waals surface area contributed by atoms with Crippen LogP contribution < -0.4 is 10.5 Å². The topological polar surface area (TPSA) is 61.5 Å². The monoisotopic (exact) mass is 291 g/mol. The van der Waals surface area contributed by atoms with Gasteiger partial charge in [0.25, 0.3) is 0 Å². The molecule has 2 rings (SSSR count). The molecule has 0 unspecified atom stereocenters. The minimum atomic E-state index is -0.489. The number of hydrogen-bond donors (Lipinski definition) is 1. The number of halogens is 1. The minimum Gasteiger partial charge on any atom is -0.497 e. The van der Waals surface area contributed by atoms with Gasteiger partial charge in [0.15, 0.2) is 0 Å². The number of methoxy groups -OCH3 is 1. The zero-order valence-electron chi connectivity index (χ0n) is 10.9. The molecule has 0 aliphatic heterocycles. The highest BCUT2D eigenvalue weighted by atomic mass is 35.5. The number of carbonyl (C=O) groups excluding carboxylic acids is 1. The fraction of sp³-hybridized carbons (Fsp3) is 0.133. The van der Waals surface area contributed by atoms with Crippen molar-refractivity contribution in [3.8, 4) is 5.75 Å². The lowest BCUT2D eigenvalue weighted by atomic mass is 10.1. The van der Waals surface area contributed by atoms with E-state index in [1.807, 2.05) is 0 Å². The van der Waals surface area contributed by atoms with Crippen molar-refractivity contribution in [1.29, 1.82) is 0 Å². The number of anilines is 1. The number of ether oxygens (including phenoxy) is 2. The number of nitrogen functional groups attached to an aromatic ring is 1. The van der Waals surface area contributed by atoms with E-state index >= 15 is 0 Å². The maximum Gasteiger partial charge on any atom is 0.340 e. The fourth-order valence-electron chi connectivity index (χ4n) is 1.65. The molecule has 0 saturated heterocycles. The molecule has 0 atom stereocenters. The largest absolute Gasteiger partial charge is 0.497 e. The van der Waals surface area contributed by atoms with E-state index in [-0.39, 0.29) is 6.61 Å². The number of hydrogen-bond acceptors (Lipinski definition) is 4. The minimum absolute atomic E-state index is 0.159. The van der Waals surface area contributed by atoms with Gasteiger partial charge in [-0.05, 0) is 35.9 Å². The van der Waals surface area contributed by atoms with Gasteiger partial charge in [0.2, 0.25) is 0 Å². The predicted octanol–water partition coefficient (Wildman–Crippen LogP) is 3.29. The molecule has 0 amide bonds. The van der Waals surface area contributed by atoms with E-state index in [1.165, 1.54) is 7.11 Å². The molecule has 2 N–H and O–H groups in total. The smallest absolute Gasteiger partial charge is 0.340 e. The van der Waals surface area contributed by atoms with Crippen molar-refractivity contribution in [3.05, 3.63) is 58.6 Å². The van der Waals surface area contributed by atoms with Gasteiger partial charge in [-0.2, -0.15) is 0 Å². The number of nitrogens with two attached hydrogens (primary N) is 1. The highest BCUT2D eigenvalue weighted by Gasteiger charge is 2.12. The van der Waals surface area contributed by atoms with Crippen LogP contribution in [0.3, 0.4) is 0 Å². The van der Waals surface area contributed by atoms with Crippen LogP contribution in [0.5, 0.6) is 5.75 Å². The van der Waals surface area contributed by atoms with Gasteiger partial charge in [-0.25, -0.2) is 4.79 Å². The number of rotatable bonds is 4. The van der Waals surface area contributed by atoms with E-state index in [9.17, 15) is 4.79 Å². The Morgan fingerprint density at radius 1 is 1.20 bits per heavy atom. The van der Waals surface area contributed by atoms with Crippen molar-refractivity contribution >= 4 is 23.3 Å². The SMILES string of the molecule is COc1ccc(N)c(C(=O)OCc2ccc(Cl)cc2)c1. The van der Waals surface area contributed by atoms with Crippen molar-refractivity contribution in [2.24, 2.45) is 0 Å². The third-order valence-electron chi connectivity index (χ3n) is 2.76. The first-order valence-corrected chi connectivity index (χ1v) is 6.33. The molecule has 2 aromatic rings. The van der Waals surface area contributed by atoms with Crippen LogP contribution in [0.2, 0.25) is 5.02 Å². The zero-order chi connectivity index (χ0) is 14.5. The van der Waals surface area contributed by atoms with Crippen LogP contribution in [0.1, 0.15) is 15.9 Å². The summed E-state index contributed by atoms with van der Waals surface area (Å²) in [6.45, 7) is 0.159. The Bertz CT molecular complexity index is 611. The Labute approximate surface area is 122 Å². The van der Waals surface area contributed by atoms with Gasteiger partial charge in [-0.3, -0.25) is 0 Å². The second-order valence-electron chi connectivity index (χ2n) is 4.16. The molecule has 20 heavy (non-hydrogen) atoms. The molecule has 104 valence electrons. The fourth-order valence-corrected chi connectivity index (χ4v) is 1.77. The van der Waals surface area contributed by atoms with Crippen molar-refractivity contribution in [2.45, 2.75) is 6.61 Å². The second-order valence-corrected chi connectivity index (χ2v) is 4.59. The summed E-state index contributed by atoms with van der Waals surface area (Å²) < 4.78 is 10.3. The molecule has 0 bridgehead atoms. The van der Waals surface area contributed by atoms with Gasteiger partial charge in [0.05, 0.1) is 12.7 Å². The molecule has 4 nitrogen and oxygen atoms in total. The van der Waals surface area contributed by atoms with Crippen molar-refractivity contribution < 1.29 is 14.3 Å². The van der Waals surface area contributed by atoms with Gasteiger partial charge in [0, 0.05) is 10.7 Å². The van der Waals surface area contributed by atoms with Gasteiger partial charge in [-0.1, -0.05) is 23.7 Å². The van der Waals surface area contributed by atoms with Crippen molar-refractivity contribution in [3.63, 3.8) is 0 Å². The Kier molecular flexibility index (Phi) is 4.48. The standard InChI is InChI=1S/C15H14ClNO3/c1-19-12-6-7-14(17)13(8-12)15(18)20-9-10-2-4-11(16)5-3-10/h2-8H,9,17H2,1H3. The van der Waals surface area contributed by atoms with Crippen LogP contribution in [-0.2, 0) is 11.3 Å². The van der Waals surface area contributed by atoms with E-state index in [0.29, 0.717) is 22.0 Å². The average molecular weight is 292 g/mol. The summed E-state index contributed by atoms with van der Waals surface area (Å²) >= 11 is 5.79. The molecule has 0 fully saturated rings. The van der Waals surface area contributed by atoms with E-state index in [1.54, 1.807) is 42.5 Å². The van der Waals surface area contributed by atoms with Crippen molar-refractivity contribution in [2.75, 3.05) is 12.8 Å². The van der Waals surface area contributed by atoms with Crippen molar-refractivity contribution in [1.82, 2.24) is 0 Å². The lowest BCUT2D eigenvalue weighted by Crippen LogP contribution is -2.08. The lowest BCUT2D eigenvalue weighted by Gasteiger charge is -2.09. The molecule has 0 radical (unpaired) electrons. The van der Waals surface area contributed by atoms with Crippen LogP contribution in [0.4, 0.5) is 5.69 Å². The van der Waals surface area contributed by atoms with Gasteiger partial charge >= 0.3 is 5.97 Å². The Morgan fingerprint density at radius 2 is 1.90 bits per heavy atom. The molecule has 2 aromatic carbocycles. The van der Waals surface area contributed by atoms with Crippen LogP contribution in [0.25, 0.3) is 0 Å². The molecule has 0 aliphatic carbocycles. The summed E-state index contributed by atoms with van der Waals surface area (Å²) in [7, 11) is 1.52. The third kappa shape index (κ3) is 3.42. The first-order valence-electron chi connectivity index (χ1n) is 5.95. The Balaban J connectivity index is 2.06. The van der Waals surface area contributed by atoms with Gasteiger partial charge in [-0.15, -0.1) is 0 Å². The Morgan fingerprint density at radius 3 is 2.55 bits per heavy atom. The lowest BCUT2D eigenvalue weighted by molar-refractivity contribution is 0.0473. The highest BCUT2D eigenvalue weighted by molar-refractivity contribution is 6.30. The Hall–Kier alpha value is -2.20. The first kappa shape index (κ1) is 14.2. The van der Waals surface area contributed by atoms with E-state index < -0.39 is 5.97 Å². The van der Waals surface area contributed by atoms with Gasteiger partial charge < -0.3 is 15.2 Å². The molecule has 5 heteroatoms. The van der Waals surface area contributed by atoms with Crippen LogP contribution in [0, 0.1) is 0 Å². The predicted molar refractivity (Wildman–Crippen MR) is 78.0 cm³/mol. The summed E-state index contributed by atoms with van der Waals surface area (Å²) in [5.74, 6) is 0.0639. The summed E-state index contributed by atoms with van der Waals surface area (Å²) in [4.78, 5) is 12.0. The molecular weight excluding hydrogens is 278 g/mol. The third-order valence-corrected chi connectivity index (χ3v) is 3.02. The number of esters is 1. The summed E-state index contributed by atoms with van der Waals surface area (Å²) in [5, 5.41) is 0.636. The highest BCUT2D eigenvalue weighted by Crippen LogP contribution is 2.21. The summed E-state index contributed by atoms with van der Waals surface area (Å²) in [6, 6.07) is 11.9. The summed E-state index contributed by atoms with van der Waals surface area (Å²) in [6.07, 6.45) is 0. The number of carbonyl (C=O) groups is 1. The van der Waals surface area contributed by atoms with E-state index in [4.69, 9.17) is 26.8 Å². The van der Waals surface area contributed by atoms with Crippen LogP contribution in [0.15, 0.2) is 42.5 Å². The molecule has 0 aliphatic rings. The molecule has 0 heterocycles. The number of benzene rings is 2. The average Bonchev–Trinajstić information content (AvgIpc) is 2.47. The maximum atomic E-state index is 12.0. The quantitative estimate of drug-likeness (QED) is 0.693. The second kappa shape index (κ2) is 6.30. The maximum absolute atomic E-state index is 12.0. The molecule has 0 aromatic heterocycles. The van der Waals surface area contributed by atoms with E-state index in [0.717, 1.165) is 5.56 Å². The first-order chi connectivity index (χ1) is 9.60. The normalized spacial score (nSPS) is 10.1. The summed E-state index contributed by atoms with van der Waals surface area (Å²) in [5.41, 5.74) is 7.25. The molecular formula is C15H14ClNO3. The van der Waals surface area contributed by atoms with Crippen LogP contribution in [-0.4, -0.2) is 13.1 Å². The van der Waals surface area contributed by atoms with E-state index in [2.05, 4.69) is 0 Å². The van der Waals surface area contributed by atoms with Crippen LogP contribution >= 0.6 is 11.6 Å². The van der Waals surface area contributed by atoms with Gasteiger partial charge in [0.1, 0.15) is 12.4 Å². The molecule has 0 spiro atoms. The zero-order valence-corrected chi connectivity index (χ0v) is 11.7.